The first-order valence-electron chi connectivity index (χ1n) is 3.84. The Kier molecular flexibility index (Phi) is 4.16. The quantitative estimate of drug-likeness (QED) is 0.574. The van der Waals surface area contributed by atoms with Gasteiger partial charge in [-0.3, -0.25) is 0 Å². The van der Waals surface area contributed by atoms with Gasteiger partial charge in [0.15, 0.2) is 18.4 Å². The van der Waals surface area contributed by atoms with Crippen molar-refractivity contribution in [2.45, 2.75) is 4.90 Å². The van der Waals surface area contributed by atoms with E-state index in [1.54, 1.807) is 6.26 Å². The molecule has 0 saturated heterocycles. The van der Waals surface area contributed by atoms with Gasteiger partial charge in [-0.25, -0.2) is 8.78 Å². The average molecular weight is 220 g/mol. The number of ether oxygens (including phenoxy) is 2. The van der Waals surface area contributed by atoms with Crippen molar-refractivity contribution in [3.63, 3.8) is 0 Å². The molecule has 0 bridgehead atoms. The van der Waals surface area contributed by atoms with Gasteiger partial charge >= 0.3 is 0 Å². The van der Waals surface area contributed by atoms with Crippen LogP contribution >= 0.6 is 11.8 Å². The van der Waals surface area contributed by atoms with Gasteiger partial charge in [-0.05, 0) is 18.4 Å². The molecule has 0 amide bonds. The summed E-state index contributed by atoms with van der Waals surface area (Å²) in [6.45, 7) is 0.0125. The van der Waals surface area contributed by atoms with E-state index in [1.807, 2.05) is 0 Å². The van der Waals surface area contributed by atoms with E-state index in [0.717, 1.165) is 17.8 Å². The third kappa shape index (κ3) is 2.36. The monoisotopic (exact) mass is 220 g/mol. The molecule has 0 aromatic heterocycles. The van der Waals surface area contributed by atoms with Gasteiger partial charge in [0.25, 0.3) is 0 Å². The average Bonchev–Trinajstić information content (AvgIpc) is 2.20. The maximum atomic E-state index is 13.2. The van der Waals surface area contributed by atoms with E-state index in [4.69, 9.17) is 4.74 Å². The summed E-state index contributed by atoms with van der Waals surface area (Å²) in [7, 11) is 1.46. The van der Waals surface area contributed by atoms with Gasteiger partial charge in [0.1, 0.15) is 5.75 Å². The summed E-state index contributed by atoms with van der Waals surface area (Å²) in [4.78, 5) is 0.155. The van der Waals surface area contributed by atoms with E-state index in [2.05, 4.69) is 4.74 Å². The molecule has 1 aromatic rings. The van der Waals surface area contributed by atoms with Crippen LogP contribution in [0, 0.1) is 11.6 Å². The van der Waals surface area contributed by atoms with Crippen molar-refractivity contribution in [1.29, 1.82) is 0 Å². The minimum Gasteiger partial charge on any atom is -0.466 e. The molecule has 0 atom stereocenters. The Balaban J connectivity index is 2.98. The highest BCUT2D eigenvalue weighted by Gasteiger charge is 2.13. The summed E-state index contributed by atoms with van der Waals surface area (Å²) in [5.41, 5.74) is 0. The van der Waals surface area contributed by atoms with Crippen LogP contribution < -0.4 is 4.74 Å². The maximum absolute atomic E-state index is 13.2. The lowest BCUT2D eigenvalue weighted by Crippen LogP contribution is -2.01. The lowest BCUT2D eigenvalue weighted by atomic mass is 10.3. The zero-order valence-electron chi connectivity index (χ0n) is 7.84. The zero-order valence-corrected chi connectivity index (χ0v) is 8.66. The molecule has 2 nitrogen and oxygen atoms in total. The van der Waals surface area contributed by atoms with Crippen LogP contribution in [0.4, 0.5) is 8.78 Å². The molecule has 1 aromatic carbocycles. The minimum atomic E-state index is -0.883. The van der Waals surface area contributed by atoms with Crippen molar-refractivity contribution in [2.24, 2.45) is 0 Å². The van der Waals surface area contributed by atoms with Crippen molar-refractivity contribution in [2.75, 3.05) is 20.2 Å². The van der Waals surface area contributed by atoms with E-state index >= 15 is 0 Å². The van der Waals surface area contributed by atoms with E-state index in [1.165, 1.54) is 13.2 Å². The number of benzene rings is 1. The fraction of sp³-hybridized carbons (Fsp3) is 0.333. The summed E-state index contributed by atoms with van der Waals surface area (Å²) < 4.78 is 35.7. The number of halogens is 2. The van der Waals surface area contributed by atoms with E-state index < -0.39 is 11.6 Å². The number of hydrogen-bond acceptors (Lipinski definition) is 3. The fourth-order valence-corrected chi connectivity index (χ4v) is 1.55. The standard InChI is InChI=1S/C9H10F2O2S/c1-12-5-13-7-4-3-6(10)8(11)9(7)14-2/h3-4H,5H2,1-2H3. The normalized spacial score (nSPS) is 10.3. The second-order valence-corrected chi connectivity index (χ2v) is 3.26. The number of thioether (sulfide) groups is 1. The van der Waals surface area contributed by atoms with Crippen LogP contribution in [0.1, 0.15) is 0 Å². The van der Waals surface area contributed by atoms with Crippen molar-refractivity contribution in [3.05, 3.63) is 23.8 Å². The van der Waals surface area contributed by atoms with Gasteiger partial charge < -0.3 is 9.47 Å². The van der Waals surface area contributed by atoms with Gasteiger partial charge in [-0.15, -0.1) is 11.8 Å². The molecule has 5 heteroatoms. The molecule has 1 rings (SSSR count). The zero-order chi connectivity index (χ0) is 10.6. The first kappa shape index (κ1) is 11.3. The molecule has 0 radical (unpaired) electrons. The topological polar surface area (TPSA) is 18.5 Å². The van der Waals surface area contributed by atoms with Crippen LogP contribution in [0.5, 0.6) is 5.75 Å². The molecule has 14 heavy (non-hydrogen) atoms. The van der Waals surface area contributed by atoms with Gasteiger partial charge in [-0.2, -0.15) is 0 Å². The SMILES string of the molecule is COCOc1ccc(F)c(F)c1SC. The summed E-state index contributed by atoms with van der Waals surface area (Å²) in [5, 5.41) is 0. The predicted octanol–water partition coefficient (Wildman–Crippen LogP) is 2.67. The number of hydrogen-bond donors (Lipinski definition) is 0. The van der Waals surface area contributed by atoms with Crippen LogP contribution in [0.15, 0.2) is 17.0 Å². The number of methoxy groups -OCH3 is 1. The second-order valence-electron chi connectivity index (χ2n) is 2.44. The van der Waals surface area contributed by atoms with E-state index in [-0.39, 0.29) is 11.7 Å². The highest BCUT2D eigenvalue weighted by molar-refractivity contribution is 7.98. The Bertz CT molecular complexity index is 318. The Morgan fingerprint density at radius 2 is 2.07 bits per heavy atom. The molecule has 0 N–H and O–H groups in total. The maximum Gasteiger partial charge on any atom is 0.188 e. The summed E-state index contributed by atoms with van der Waals surface area (Å²) in [6.07, 6.45) is 1.65. The molecular formula is C9H10F2O2S. The summed E-state index contributed by atoms with van der Waals surface area (Å²) in [5.74, 6) is -1.47. The van der Waals surface area contributed by atoms with E-state index in [9.17, 15) is 8.78 Å². The van der Waals surface area contributed by atoms with Gasteiger partial charge in [0.05, 0.1) is 4.90 Å². The summed E-state index contributed by atoms with van der Waals surface area (Å²) in [6, 6.07) is 2.41. The lowest BCUT2D eigenvalue weighted by Gasteiger charge is -2.09. The van der Waals surface area contributed by atoms with Crippen molar-refractivity contribution in [1.82, 2.24) is 0 Å². The minimum absolute atomic E-state index is 0.0125. The fourth-order valence-electron chi connectivity index (χ4n) is 0.941. The molecule has 0 unspecified atom stereocenters. The summed E-state index contributed by atoms with van der Waals surface area (Å²) >= 11 is 1.09. The van der Waals surface area contributed by atoms with Crippen LogP contribution in [0.25, 0.3) is 0 Å². The first-order chi connectivity index (χ1) is 6.70. The lowest BCUT2D eigenvalue weighted by molar-refractivity contribution is 0.0486. The Morgan fingerprint density at radius 3 is 2.64 bits per heavy atom. The van der Waals surface area contributed by atoms with Crippen molar-refractivity contribution >= 4 is 11.8 Å². The third-order valence-corrected chi connectivity index (χ3v) is 2.34. The molecule has 0 aliphatic rings. The van der Waals surface area contributed by atoms with Gasteiger partial charge in [0.2, 0.25) is 0 Å². The predicted molar refractivity (Wildman–Crippen MR) is 50.6 cm³/mol. The molecular weight excluding hydrogens is 210 g/mol. The largest absolute Gasteiger partial charge is 0.466 e. The van der Waals surface area contributed by atoms with Crippen LogP contribution in [0.2, 0.25) is 0 Å². The molecule has 0 fully saturated rings. The molecule has 0 aliphatic carbocycles. The molecule has 0 aliphatic heterocycles. The second kappa shape index (κ2) is 5.17. The van der Waals surface area contributed by atoms with E-state index in [0.29, 0.717) is 5.75 Å². The van der Waals surface area contributed by atoms with Crippen molar-refractivity contribution < 1.29 is 18.3 Å². The molecule has 78 valence electrons. The van der Waals surface area contributed by atoms with Crippen molar-refractivity contribution in [3.8, 4) is 5.75 Å². The van der Waals surface area contributed by atoms with Gasteiger partial charge in [0, 0.05) is 7.11 Å². The van der Waals surface area contributed by atoms with Crippen LogP contribution in [-0.4, -0.2) is 20.2 Å². The molecule has 0 spiro atoms. The Morgan fingerprint density at radius 1 is 1.36 bits per heavy atom. The highest BCUT2D eigenvalue weighted by atomic mass is 32.2. The Hall–Kier alpha value is -0.810. The third-order valence-electron chi connectivity index (χ3n) is 1.55. The van der Waals surface area contributed by atoms with Gasteiger partial charge in [-0.1, -0.05) is 0 Å². The first-order valence-corrected chi connectivity index (χ1v) is 5.07. The number of rotatable bonds is 4. The van der Waals surface area contributed by atoms with Crippen LogP contribution in [-0.2, 0) is 4.74 Å². The van der Waals surface area contributed by atoms with Crippen LogP contribution in [0.3, 0.4) is 0 Å². The highest BCUT2D eigenvalue weighted by Crippen LogP contribution is 2.31. The molecule has 0 heterocycles. The smallest absolute Gasteiger partial charge is 0.188 e. The Labute approximate surface area is 85.2 Å². The molecule has 0 saturated carbocycles.